The highest BCUT2D eigenvalue weighted by Gasteiger charge is 2.23. The van der Waals surface area contributed by atoms with Gasteiger partial charge in [0.1, 0.15) is 0 Å². The van der Waals surface area contributed by atoms with Gasteiger partial charge in [-0.2, -0.15) is 4.68 Å². The summed E-state index contributed by atoms with van der Waals surface area (Å²) in [6, 6.07) is 0. The molecule has 0 aromatic carbocycles. The van der Waals surface area contributed by atoms with Crippen LogP contribution in [0, 0.1) is 5.41 Å². The van der Waals surface area contributed by atoms with Gasteiger partial charge < -0.3 is 5.84 Å². The summed E-state index contributed by atoms with van der Waals surface area (Å²) in [5.74, 6) is 5.66. The highest BCUT2D eigenvalue weighted by molar-refractivity contribution is 5.78. The molecule has 0 bridgehead atoms. The van der Waals surface area contributed by atoms with Crippen molar-refractivity contribution in [3.8, 4) is 0 Å². The van der Waals surface area contributed by atoms with E-state index in [1.165, 1.54) is 0 Å². The number of carbonyl (C=O) groups excluding carboxylic acids is 1. The van der Waals surface area contributed by atoms with Gasteiger partial charge in [-0.1, -0.05) is 34.6 Å². The van der Waals surface area contributed by atoms with Crippen LogP contribution in [0.5, 0.6) is 0 Å². The van der Waals surface area contributed by atoms with E-state index in [4.69, 9.17) is 5.84 Å². The molecular formula is C11H20N4O2. The lowest BCUT2D eigenvalue weighted by Gasteiger charge is -2.15. The molecule has 0 fully saturated rings. The van der Waals surface area contributed by atoms with Crippen LogP contribution in [0.2, 0.25) is 0 Å². The van der Waals surface area contributed by atoms with Crippen LogP contribution in [0.3, 0.4) is 0 Å². The van der Waals surface area contributed by atoms with E-state index in [9.17, 15) is 9.59 Å². The number of rotatable bonds is 2. The highest BCUT2D eigenvalue weighted by Crippen LogP contribution is 2.19. The summed E-state index contributed by atoms with van der Waals surface area (Å²) in [7, 11) is 0. The zero-order chi connectivity index (χ0) is 13.4. The van der Waals surface area contributed by atoms with Gasteiger partial charge in [0.2, 0.25) is 0 Å². The normalized spacial score (nSPS) is 12.1. The molecule has 0 saturated carbocycles. The van der Waals surface area contributed by atoms with Gasteiger partial charge in [-0.25, -0.2) is 4.79 Å². The van der Waals surface area contributed by atoms with Gasteiger partial charge in [-0.05, 0) is 5.41 Å². The fraction of sp³-hybridized carbons (Fsp3) is 0.727. The Morgan fingerprint density at radius 2 is 1.94 bits per heavy atom. The zero-order valence-corrected chi connectivity index (χ0v) is 11.0. The van der Waals surface area contributed by atoms with Crippen LogP contribution < -0.4 is 11.5 Å². The smallest absolute Gasteiger partial charge is 0.333 e. The van der Waals surface area contributed by atoms with Gasteiger partial charge in [-0.15, -0.1) is 9.78 Å². The van der Waals surface area contributed by atoms with Gasteiger partial charge in [0.05, 0.1) is 0 Å². The Balaban J connectivity index is 3.12. The quantitative estimate of drug-likeness (QED) is 0.780. The largest absolute Gasteiger partial charge is 0.371 e. The second-order valence-electron chi connectivity index (χ2n) is 5.71. The summed E-state index contributed by atoms with van der Waals surface area (Å²) in [4.78, 5) is 23.6. The second-order valence-corrected chi connectivity index (χ2v) is 5.71. The third kappa shape index (κ3) is 2.95. The Bertz CT molecular complexity index is 477. The minimum Gasteiger partial charge on any atom is -0.333 e. The molecule has 1 heterocycles. The van der Waals surface area contributed by atoms with Crippen LogP contribution in [0.4, 0.5) is 0 Å². The SMILES string of the molecule is CC(C)c1nn(C(=O)CC(C)(C)C)c(=O)n1N. The third-order valence-electron chi connectivity index (χ3n) is 2.27. The first kappa shape index (κ1) is 13.5. The minimum absolute atomic E-state index is 0.00335. The Hall–Kier alpha value is -1.59. The topological polar surface area (TPSA) is 82.9 Å². The van der Waals surface area contributed by atoms with Crippen molar-refractivity contribution in [1.82, 2.24) is 14.5 Å². The first-order valence-electron chi connectivity index (χ1n) is 5.63. The molecule has 0 amide bonds. The van der Waals surface area contributed by atoms with Crippen molar-refractivity contribution in [3.63, 3.8) is 0 Å². The molecule has 1 rings (SSSR count). The molecule has 0 aliphatic rings. The molecule has 1 aromatic heterocycles. The van der Waals surface area contributed by atoms with Crippen molar-refractivity contribution in [1.29, 1.82) is 0 Å². The lowest BCUT2D eigenvalue weighted by molar-refractivity contribution is 0.0834. The summed E-state index contributed by atoms with van der Waals surface area (Å²) in [6.07, 6.45) is 0.251. The number of nitrogens with two attached hydrogens (primary N) is 1. The van der Waals surface area contributed by atoms with Gasteiger partial charge in [0.15, 0.2) is 5.82 Å². The number of nitrogen functional groups attached to an aromatic ring is 1. The van der Waals surface area contributed by atoms with Gasteiger partial charge >= 0.3 is 5.69 Å². The van der Waals surface area contributed by atoms with E-state index >= 15 is 0 Å². The summed E-state index contributed by atoms with van der Waals surface area (Å²) in [5.41, 5.74) is -0.768. The van der Waals surface area contributed by atoms with Crippen LogP contribution in [-0.4, -0.2) is 20.4 Å². The fourth-order valence-corrected chi connectivity index (χ4v) is 1.48. The number of nitrogens with zero attached hydrogens (tertiary/aromatic N) is 3. The lowest BCUT2D eigenvalue weighted by atomic mass is 9.92. The maximum Gasteiger partial charge on any atom is 0.371 e. The average molecular weight is 240 g/mol. The maximum absolute atomic E-state index is 11.9. The molecule has 0 atom stereocenters. The van der Waals surface area contributed by atoms with Gasteiger partial charge in [-0.3, -0.25) is 4.79 Å². The molecule has 2 N–H and O–H groups in total. The van der Waals surface area contributed by atoms with E-state index < -0.39 is 5.69 Å². The van der Waals surface area contributed by atoms with Crippen LogP contribution in [-0.2, 0) is 0 Å². The van der Waals surface area contributed by atoms with Crippen LogP contribution in [0.15, 0.2) is 4.79 Å². The minimum atomic E-state index is -0.581. The molecule has 0 aliphatic carbocycles. The average Bonchev–Trinajstić information content (AvgIpc) is 2.41. The Morgan fingerprint density at radius 1 is 1.41 bits per heavy atom. The summed E-state index contributed by atoms with van der Waals surface area (Å²) >= 11 is 0. The lowest BCUT2D eigenvalue weighted by Crippen LogP contribution is -2.35. The third-order valence-corrected chi connectivity index (χ3v) is 2.27. The van der Waals surface area contributed by atoms with E-state index in [1.54, 1.807) is 0 Å². The monoisotopic (exact) mass is 240 g/mol. The van der Waals surface area contributed by atoms with Gasteiger partial charge in [0.25, 0.3) is 5.91 Å². The molecule has 0 saturated heterocycles. The molecule has 0 unspecified atom stereocenters. The van der Waals surface area contributed by atoms with E-state index in [0.29, 0.717) is 5.82 Å². The molecule has 0 radical (unpaired) electrons. The molecule has 96 valence electrons. The van der Waals surface area contributed by atoms with E-state index in [0.717, 1.165) is 9.36 Å². The maximum atomic E-state index is 11.9. The van der Waals surface area contributed by atoms with Crippen LogP contribution in [0.25, 0.3) is 0 Å². The first-order valence-corrected chi connectivity index (χ1v) is 5.63. The zero-order valence-electron chi connectivity index (χ0n) is 11.0. The molecule has 17 heavy (non-hydrogen) atoms. The van der Waals surface area contributed by atoms with E-state index in [1.807, 2.05) is 34.6 Å². The molecule has 6 nitrogen and oxygen atoms in total. The Kier molecular flexibility index (Phi) is 3.45. The van der Waals surface area contributed by atoms with Crippen molar-refractivity contribution in [3.05, 3.63) is 16.3 Å². The molecule has 0 aliphatic heterocycles. The second kappa shape index (κ2) is 4.35. The summed E-state index contributed by atoms with van der Waals surface area (Å²) in [5, 5.41) is 3.99. The molecule has 6 heteroatoms. The van der Waals surface area contributed by atoms with Crippen molar-refractivity contribution in [2.75, 3.05) is 5.84 Å². The summed E-state index contributed by atoms with van der Waals surface area (Å²) in [6.45, 7) is 9.52. The van der Waals surface area contributed by atoms with Crippen LogP contribution >= 0.6 is 0 Å². The van der Waals surface area contributed by atoms with Crippen molar-refractivity contribution in [2.24, 2.45) is 5.41 Å². The first-order chi connectivity index (χ1) is 7.63. The van der Waals surface area contributed by atoms with Crippen molar-refractivity contribution < 1.29 is 4.79 Å². The molecular weight excluding hydrogens is 220 g/mol. The standard InChI is InChI=1S/C11H20N4O2/c1-7(2)9-13-15(10(17)14(9)12)8(16)6-11(3,4)5/h7H,6,12H2,1-5H3. The van der Waals surface area contributed by atoms with Crippen molar-refractivity contribution >= 4 is 5.91 Å². The Labute approximate surface area is 100 Å². The molecule has 0 spiro atoms. The van der Waals surface area contributed by atoms with E-state index in [-0.39, 0.29) is 23.7 Å². The number of aromatic nitrogens is 3. The molecule has 1 aromatic rings. The van der Waals surface area contributed by atoms with Gasteiger partial charge in [0, 0.05) is 12.3 Å². The van der Waals surface area contributed by atoms with E-state index in [2.05, 4.69) is 5.10 Å². The Morgan fingerprint density at radius 3 is 2.29 bits per heavy atom. The van der Waals surface area contributed by atoms with Crippen LogP contribution in [0.1, 0.15) is 57.6 Å². The van der Waals surface area contributed by atoms with Crippen molar-refractivity contribution in [2.45, 2.75) is 47.0 Å². The predicted molar refractivity (Wildman–Crippen MR) is 65.4 cm³/mol. The number of hydrogen-bond donors (Lipinski definition) is 1. The number of hydrogen-bond acceptors (Lipinski definition) is 4. The fourth-order valence-electron chi connectivity index (χ4n) is 1.48. The predicted octanol–water partition coefficient (Wildman–Crippen LogP) is 0.958. The number of carbonyl (C=O) groups is 1. The summed E-state index contributed by atoms with van der Waals surface area (Å²) < 4.78 is 1.80. The highest BCUT2D eigenvalue weighted by atomic mass is 16.2.